The van der Waals surface area contributed by atoms with Gasteiger partial charge >= 0.3 is 0 Å². The van der Waals surface area contributed by atoms with Gasteiger partial charge in [0.1, 0.15) is 6.10 Å². The molecule has 0 saturated carbocycles. The van der Waals surface area contributed by atoms with E-state index < -0.39 is 5.97 Å². The van der Waals surface area contributed by atoms with E-state index >= 15 is 0 Å². The van der Waals surface area contributed by atoms with Crippen molar-refractivity contribution in [2.45, 2.75) is 20.0 Å². The zero-order valence-corrected chi connectivity index (χ0v) is 8.75. The van der Waals surface area contributed by atoms with Crippen LogP contribution in [-0.2, 0) is 4.84 Å². The lowest BCUT2D eigenvalue weighted by Crippen LogP contribution is -2.00. The minimum Gasteiger partial charge on any atom is -0.391 e. The molecule has 0 spiro atoms. The first kappa shape index (κ1) is 11.0. The molecule has 0 amide bonds. The maximum Gasteiger partial charge on any atom is 0.257 e. The molecule has 0 aliphatic rings. The predicted molar refractivity (Wildman–Crippen MR) is 55.3 cm³/mol. The van der Waals surface area contributed by atoms with Gasteiger partial charge in [-0.3, -0.25) is 0 Å². The van der Waals surface area contributed by atoms with Gasteiger partial charge in [0, 0.05) is 10.6 Å². The lowest BCUT2D eigenvalue weighted by atomic mass is 10.2. The van der Waals surface area contributed by atoms with Crippen LogP contribution in [0.1, 0.15) is 19.4 Å². The average Bonchev–Trinajstić information content (AvgIpc) is 2.15. The van der Waals surface area contributed by atoms with Gasteiger partial charge in [0.25, 0.3) is 5.97 Å². The van der Waals surface area contributed by atoms with Crippen molar-refractivity contribution in [2.24, 2.45) is 5.16 Å². The first-order valence-electron chi connectivity index (χ1n) is 4.25. The van der Waals surface area contributed by atoms with Gasteiger partial charge in [0.2, 0.25) is 0 Å². The van der Waals surface area contributed by atoms with Crippen molar-refractivity contribution in [1.29, 1.82) is 0 Å². The van der Waals surface area contributed by atoms with Crippen LogP contribution in [-0.4, -0.2) is 12.1 Å². The van der Waals surface area contributed by atoms with Crippen LogP contribution < -0.4 is 0 Å². The molecule has 14 heavy (non-hydrogen) atoms. The predicted octanol–water partition coefficient (Wildman–Crippen LogP) is 3.40. The standard InChI is InChI=1S/C10H11ClFNO/c1-7(2)14-13-10(12)8-3-5-9(11)6-4-8/h3-7H,1-2H3/b13-10-. The molecule has 76 valence electrons. The SMILES string of the molecule is CC(C)O/N=C(\F)c1ccc(Cl)cc1. The number of oxime groups is 1. The molecule has 0 saturated heterocycles. The summed E-state index contributed by atoms with van der Waals surface area (Å²) in [4.78, 5) is 4.77. The molecule has 4 heteroatoms. The maximum atomic E-state index is 13.2. The molecule has 2 nitrogen and oxygen atoms in total. The Morgan fingerprint density at radius 2 is 1.93 bits per heavy atom. The minimum atomic E-state index is -0.643. The Labute approximate surface area is 87.3 Å². The summed E-state index contributed by atoms with van der Waals surface area (Å²) in [6.07, 6.45) is -0.131. The molecule has 0 aromatic heterocycles. The van der Waals surface area contributed by atoms with E-state index in [1.54, 1.807) is 38.1 Å². The molecular weight excluding hydrogens is 205 g/mol. The van der Waals surface area contributed by atoms with Gasteiger partial charge in [0.15, 0.2) is 0 Å². The molecule has 0 heterocycles. The van der Waals surface area contributed by atoms with Crippen LogP contribution in [0, 0.1) is 0 Å². The number of rotatable bonds is 3. The van der Waals surface area contributed by atoms with Crippen molar-refractivity contribution >= 4 is 17.6 Å². The summed E-state index contributed by atoms with van der Waals surface area (Å²) in [6.45, 7) is 3.55. The third kappa shape index (κ3) is 3.34. The third-order valence-corrected chi connectivity index (χ3v) is 1.68. The zero-order valence-electron chi connectivity index (χ0n) is 8.00. The Kier molecular flexibility index (Phi) is 3.89. The number of nitrogens with zero attached hydrogens (tertiary/aromatic N) is 1. The van der Waals surface area contributed by atoms with Crippen molar-refractivity contribution in [3.8, 4) is 0 Å². The smallest absolute Gasteiger partial charge is 0.257 e. The van der Waals surface area contributed by atoms with E-state index in [1.807, 2.05) is 0 Å². The van der Waals surface area contributed by atoms with Crippen molar-refractivity contribution in [3.05, 3.63) is 34.9 Å². The summed E-state index contributed by atoms with van der Waals surface area (Å²) < 4.78 is 13.2. The molecule has 0 aliphatic heterocycles. The molecule has 0 aliphatic carbocycles. The summed E-state index contributed by atoms with van der Waals surface area (Å²) in [6, 6.07) is 6.29. The van der Waals surface area contributed by atoms with Crippen LogP contribution in [0.25, 0.3) is 0 Å². The van der Waals surface area contributed by atoms with Crippen molar-refractivity contribution in [1.82, 2.24) is 0 Å². The van der Waals surface area contributed by atoms with Gasteiger partial charge in [-0.15, -0.1) is 0 Å². The molecule has 1 aromatic carbocycles. The van der Waals surface area contributed by atoms with Gasteiger partial charge in [-0.25, -0.2) is 0 Å². The molecule has 1 aromatic rings. The lowest BCUT2D eigenvalue weighted by Gasteiger charge is -2.02. The third-order valence-electron chi connectivity index (χ3n) is 1.43. The van der Waals surface area contributed by atoms with Crippen LogP contribution in [0.4, 0.5) is 4.39 Å². The van der Waals surface area contributed by atoms with Gasteiger partial charge in [-0.05, 0) is 38.1 Å². The fourth-order valence-electron chi connectivity index (χ4n) is 0.792. The highest BCUT2D eigenvalue weighted by atomic mass is 35.5. The Balaban J connectivity index is 2.73. The molecule has 0 unspecified atom stereocenters. The van der Waals surface area contributed by atoms with Gasteiger partial charge < -0.3 is 4.84 Å². The van der Waals surface area contributed by atoms with E-state index in [0.29, 0.717) is 10.6 Å². The topological polar surface area (TPSA) is 21.6 Å². The van der Waals surface area contributed by atoms with Crippen LogP contribution in [0.3, 0.4) is 0 Å². The van der Waals surface area contributed by atoms with Crippen molar-refractivity contribution in [3.63, 3.8) is 0 Å². The average molecular weight is 216 g/mol. The second-order valence-electron chi connectivity index (χ2n) is 3.04. The quantitative estimate of drug-likeness (QED) is 0.560. The molecule has 0 N–H and O–H groups in total. The van der Waals surface area contributed by atoms with Crippen molar-refractivity contribution < 1.29 is 9.23 Å². The molecule has 1 rings (SSSR count). The first-order valence-corrected chi connectivity index (χ1v) is 4.62. The molecule has 0 atom stereocenters. The molecule has 0 radical (unpaired) electrons. The van der Waals surface area contributed by atoms with E-state index in [1.165, 1.54) is 0 Å². The van der Waals surface area contributed by atoms with Crippen LogP contribution in [0.15, 0.2) is 29.4 Å². The van der Waals surface area contributed by atoms with Crippen LogP contribution in [0.2, 0.25) is 5.02 Å². The Hall–Kier alpha value is -1.09. The van der Waals surface area contributed by atoms with E-state index in [4.69, 9.17) is 16.4 Å². The summed E-state index contributed by atoms with van der Waals surface area (Å²) >= 11 is 5.65. The largest absolute Gasteiger partial charge is 0.391 e. The molecular formula is C10H11ClFNO. The number of hydrogen-bond donors (Lipinski definition) is 0. The second-order valence-corrected chi connectivity index (χ2v) is 3.48. The highest BCUT2D eigenvalue weighted by molar-refractivity contribution is 6.30. The van der Waals surface area contributed by atoms with Gasteiger partial charge in [-0.1, -0.05) is 16.8 Å². The Morgan fingerprint density at radius 1 is 1.36 bits per heavy atom. The fourth-order valence-corrected chi connectivity index (χ4v) is 0.918. The summed E-state index contributed by atoms with van der Waals surface area (Å²) in [7, 11) is 0. The lowest BCUT2D eigenvalue weighted by molar-refractivity contribution is 0.0836. The van der Waals surface area contributed by atoms with E-state index in [2.05, 4.69) is 5.16 Å². The number of halogens is 2. The zero-order chi connectivity index (χ0) is 10.6. The second kappa shape index (κ2) is 4.96. The molecule has 0 bridgehead atoms. The summed E-state index contributed by atoms with van der Waals surface area (Å²) in [5.41, 5.74) is 0.357. The normalized spacial score (nSPS) is 11.9. The van der Waals surface area contributed by atoms with Crippen LogP contribution >= 0.6 is 11.6 Å². The monoisotopic (exact) mass is 215 g/mol. The summed E-state index contributed by atoms with van der Waals surface area (Å²) in [5.74, 6) is -0.643. The highest BCUT2D eigenvalue weighted by Gasteiger charge is 2.02. The van der Waals surface area contributed by atoms with E-state index in [9.17, 15) is 4.39 Å². The molecule has 0 fully saturated rings. The maximum absolute atomic E-state index is 13.2. The van der Waals surface area contributed by atoms with Gasteiger partial charge in [-0.2, -0.15) is 4.39 Å². The minimum absolute atomic E-state index is 0.131. The van der Waals surface area contributed by atoms with Gasteiger partial charge in [0.05, 0.1) is 0 Å². The van der Waals surface area contributed by atoms with Crippen molar-refractivity contribution in [2.75, 3.05) is 0 Å². The fraction of sp³-hybridized carbons (Fsp3) is 0.300. The van der Waals surface area contributed by atoms with E-state index in [0.717, 1.165) is 0 Å². The van der Waals surface area contributed by atoms with Crippen LogP contribution in [0.5, 0.6) is 0 Å². The van der Waals surface area contributed by atoms with E-state index in [-0.39, 0.29) is 6.10 Å². The number of hydrogen-bond acceptors (Lipinski definition) is 2. The Bertz CT molecular complexity index is 321. The Morgan fingerprint density at radius 3 is 2.43 bits per heavy atom. The first-order chi connectivity index (χ1) is 6.59. The number of benzene rings is 1. The highest BCUT2D eigenvalue weighted by Crippen LogP contribution is 2.11. The summed E-state index contributed by atoms with van der Waals surface area (Å²) in [5, 5.41) is 3.89.